The number of anilines is 1. The first-order valence-electron chi connectivity index (χ1n) is 6.91. The molecule has 0 atom stereocenters. The lowest BCUT2D eigenvalue weighted by Crippen LogP contribution is -2.15. The van der Waals surface area contributed by atoms with Crippen molar-refractivity contribution < 1.29 is 23.4 Å². The van der Waals surface area contributed by atoms with Crippen LogP contribution < -0.4 is 19.5 Å². The second kappa shape index (κ2) is 7.49. The van der Waals surface area contributed by atoms with Gasteiger partial charge in [-0.3, -0.25) is 4.79 Å². The summed E-state index contributed by atoms with van der Waals surface area (Å²) in [5.41, 5.74) is 1.04. The zero-order chi connectivity index (χ0) is 16.8. The number of rotatable bonds is 6. The van der Waals surface area contributed by atoms with Gasteiger partial charge in [0.1, 0.15) is 11.6 Å². The van der Waals surface area contributed by atoms with Gasteiger partial charge in [0.15, 0.2) is 11.5 Å². The summed E-state index contributed by atoms with van der Waals surface area (Å²) in [5, 5.41) is 2.73. The van der Waals surface area contributed by atoms with Crippen LogP contribution in [0.4, 0.5) is 10.1 Å². The van der Waals surface area contributed by atoms with Crippen molar-refractivity contribution in [3.05, 3.63) is 47.8 Å². The molecule has 0 aliphatic heterocycles. The fourth-order valence-electron chi connectivity index (χ4n) is 2.18. The summed E-state index contributed by atoms with van der Waals surface area (Å²) >= 11 is 0. The number of hydrogen-bond donors (Lipinski definition) is 1. The molecule has 0 aliphatic carbocycles. The van der Waals surface area contributed by atoms with Crippen LogP contribution in [0.1, 0.15) is 5.56 Å². The van der Waals surface area contributed by atoms with Gasteiger partial charge < -0.3 is 19.5 Å². The lowest BCUT2D eigenvalue weighted by atomic mass is 10.1. The molecule has 0 spiro atoms. The van der Waals surface area contributed by atoms with E-state index in [9.17, 15) is 9.18 Å². The molecule has 5 nitrogen and oxygen atoms in total. The van der Waals surface area contributed by atoms with Crippen molar-refractivity contribution >= 4 is 11.6 Å². The normalized spacial score (nSPS) is 10.1. The standard InChI is InChI=1S/C17H18FNO4/c1-21-14-6-4-12(18)8-11(14)9-17(20)19-13-5-7-15(22-2)16(10-13)23-3/h4-8,10H,9H2,1-3H3,(H,19,20). The Morgan fingerprint density at radius 2 is 1.61 bits per heavy atom. The van der Waals surface area contributed by atoms with Crippen LogP contribution in [0.5, 0.6) is 17.2 Å². The highest BCUT2D eigenvalue weighted by atomic mass is 19.1. The molecule has 0 radical (unpaired) electrons. The summed E-state index contributed by atoms with van der Waals surface area (Å²) < 4.78 is 28.8. The van der Waals surface area contributed by atoms with Crippen molar-refractivity contribution in [2.24, 2.45) is 0 Å². The fraction of sp³-hybridized carbons (Fsp3) is 0.235. The van der Waals surface area contributed by atoms with Gasteiger partial charge in [-0.1, -0.05) is 0 Å². The van der Waals surface area contributed by atoms with E-state index in [1.54, 1.807) is 18.2 Å². The van der Waals surface area contributed by atoms with Crippen LogP contribution in [-0.4, -0.2) is 27.2 Å². The molecule has 0 heterocycles. The van der Waals surface area contributed by atoms with Crippen molar-refractivity contribution in [2.45, 2.75) is 6.42 Å². The van der Waals surface area contributed by atoms with Crippen molar-refractivity contribution in [3.8, 4) is 17.2 Å². The first-order chi connectivity index (χ1) is 11.1. The third-order valence-electron chi connectivity index (χ3n) is 3.26. The fourth-order valence-corrected chi connectivity index (χ4v) is 2.18. The first-order valence-corrected chi connectivity index (χ1v) is 6.91. The maximum absolute atomic E-state index is 13.3. The van der Waals surface area contributed by atoms with Gasteiger partial charge in [0.2, 0.25) is 5.91 Å². The third kappa shape index (κ3) is 4.12. The number of carbonyl (C=O) groups excluding carboxylic acids is 1. The van der Waals surface area contributed by atoms with Crippen LogP contribution >= 0.6 is 0 Å². The lowest BCUT2D eigenvalue weighted by Gasteiger charge is -2.11. The smallest absolute Gasteiger partial charge is 0.228 e. The van der Waals surface area contributed by atoms with E-state index in [4.69, 9.17) is 14.2 Å². The highest BCUT2D eigenvalue weighted by Crippen LogP contribution is 2.30. The zero-order valence-corrected chi connectivity index (χ0v) is 13.2. The molecule has 0 fully saturated rings. The molecule has 0 unspecified atom stereocenters. The molecule has 122 valence electrons. The van der Waals surface area contributed by atoms with E-state index in [1.807, 2.05) is 0 Å². The summed E-state index contributed by atoms with van der Waals surface area (Å²) in [6.45, 7) is 0. The molecule has 2 rings (SSSR count). The molecule has 0 saturated heterocycles. The minimum absolute atomic E-state index is 0.00468. The Bertz CT molecular complexity index is 703. The summed E-state index contributed by atoms with van der Waals surface area (Å²) in [4.78, 5) is 12.2. The topological polar surface area (TPSA) is 56.8 Å². The number of hydrogen-bond acceptors (Lipinski definition) is 4. The average molecular weight is 319 g/mol. The van der Waals surface area contributed by atoms with Crippen LogP contribution in [0.2, 0.25) is 0 Å². The van der Waals surface area contributed by atoms with Gasteiger partial charge in [0, 0.05) is 17.3 Å². The van der Waals surface area contributed by atoms with E-state index >= 15 is 0 Å². The van der Waals surface area contributed by atoms with E-state index < -0.39 is 5.82 Å². The summed E-state index contributed by atoms with van der Waals surface area (Å²) in [6, 6.07) is 9.11. The van der Waals surface area contributed by atoms with Crippen LogP contribution in [0.15, 0.2) is 36.4 Å². The average Bonchev–Trinajstić information content (AvgIpc) is 2.54. The van der Waals surface area contributed by atoms with E-state index in [0.717, 1.165) is 0 Å². The Kier molecular flexibility index (Phi) is 5.41. The van der Waals surface area contributed by atoms with Crippen molar-refractivity contribution in [1.82, 2.24) is 0 Å². The number of halogens is 1. The number of benzene rings is 2. The number of ether oxygens (including phenoxy) is 3. The Balaban J connectivity index is 2.12. The maximum Gasteiger partial charge on any atom is 0.228 e. The molecule has 0 aromatic heterocycles. The quantitative estimate of drug-likeness (QED) is 0.889. The molecule has 2 aromatic rings. The van der Waals surface area contributed by atoms with Gasteiger partial charge in [-0.05, 0) is 30.3 Å². The first kappa shape index (κ1) is 16.6. The summed E-state index contributed by atoms with van der Waals surface area (Å²) in [5.74, 6) is 0.834. The van der Waals surface area contributed by atoms with Gasteiger partial charge >= 0.3 is 0 Å². The molecule has 0 saturated carbocycles. The maximum atomic E-state index is 13.3. The van der Waals surface area contributed by atoms with Gasteiger partial charge in [-0.2, -0.15) is 0 Å². The van der Waals surface area contributed by atoms with Crippen molar-refractivity contribution in [2.75, 3.05) is 26.6 Å². The molecule has 6 heteroatoms. The summed E-state index contributed by atoms with van der Waals surface area (Å²) in [6.07, 6.45) is -0.00468. The largest absolute Gasteiger partial charge is 0.496 e. The van der Waals surface area contributed by atoms with E-state index in [0.29, 0.717) is 28.5 Å². The van der Waals surface area contributed by atoms with Crippen LogP contribution in [0, 0.1) is 5.82 Å². The number of carbonyl (C=O) groups is 1. The predicted octanol–water partition coefficient (Wildman–Crippen LogP) is 3.03. The number of nitrogens with one attached hydrogen (secondary N) is 1. The van der Waals surface area contributed by atoms with Gasteiger partial charge in [0.05, 0.1) is 27.8 Å². The molecule has 2 aromatic carbocycles. The minimum atomic E-state index is -0.417. The van der Waals surface area contributed by atoms with Gasteiger partial charge in [0.25, 0.3) is 0 Å². The second-order valence-electron chi connectivity index (χ2n) is 4.75. The van der Waals surface area contributed by atoms with Crippen molar-refractivity contribution in [1.29, 1.82) is 0 Å². The molecular formula is C17H18FNO4. The molecule has 0 aliphatic rings. The minimum Gasteiger partial charge on any atom is -0.496 e. The van der Waals surface area contributed by atoms with Crippen LogP contribution in [0.25, 0.3) is 0 Å². The Morgan fingerprint density at radius 1 is 0.957 bits per heavy atom. The monoisotopic (exact) mass is 319 g/mol. The van der Waals surface area contributed by atoms with Gasteiger partial charge in [-0.25, -0.2) is 4.39 Å². The number of amides is 1. The SMILES string of the molecule is COc1ccc(F)cc1CC(=O)Nc1ccc(OC)c(OC)c1. The highest BCUT2D eigenvalue weighted by molar-refractivity contribution is 5.93. The number of methoxy groups -OCH3 is 3. The Hall–Kier alpha value is -2.76. The highest BCUT2D eigenvalue weighted by Gasteiger charge is 2.12. The molecule has 23 heavy (non-hydrogen) atoms. The van der Waals surface area contributed by atoms with Crippen molar-refractivity contribution in [3.63, 3.8) is 0 Å². The molecular weight excluding hydrogens is 301 g/mol. The predicted molar refractivity (Wildman–Crippen MR) is 84.8 cm³/mol. The van der Waals surface area contributed by atoms with Gasteiger partial charge in [-0.15, -0.1) is 0 Å². The Labute approximate surface area is 134 Å². The molecule has 1 amide bonds. The lowest BCUT2D eigenvalue weighted by molar-refractivity contribution is -0.115. The van der Waals surface area contributed by atoms with E-state index in [2.05, 4.69) is 5.32 Å². The van der Waals surface area contributed by atoms with Crippen LogP contribution in [-0.2, 0) is 11.2 Å². The van der Waals surface area contributed by atoms with Crippen LogP contribution in [0.3, 0.4) is 0 Å². The van der Waals surface area contributed by atoms with E-state index in [-0.39, 0.29) is 12.3 Å². The zero-order valence-electron chi connectivity index (χ0n) is 13.2. The molecule has 0 bridgehead atoms. The third-order valence-corrected chi connectivity index (χ3v) is 3.26. The second-order valence-corrected chi connectivity index (χ2v) is 4.75. The molecule has 1 N–H and O–H groups in total. The summed E-state index contributed by atoms with van der Waals surface area (Å²) in [7, 11) is 4.52. The Morgan fingerprint density at radius 3 is 2.26 bits per heavy atom. The van der Waals surface area contributed by atoms with E-state index in [1.165, 1.54) is 39.5 Å².